The SMILES string of the molecule is Cc1ccccc1-c1ccc(CC(NC(C)(C)C)C(=O)C(C)(C)C)cn1. The molecule has 2 aromatic rings. The number of Topliss-reactive ketones (excluding diaryl/α,β-unsaturated/α-hetero) is 1. The number of nitrogens with one attached hydrogen (secondary N) is 1. The zero-order chi connectivity index (χ0) is 19.5. The van der Waals surface area contributed by atoms with Gasteiger partial charge >= 0.3 is 0 Å². The van der Waals surface area contributed by atoms with Crippen LogP contribution in [0.2, 0.25) is 0 Å². The van der Waals surface area contributed by atoms with E-state index in [-0.39, 0.29) is 22.8 Å². The standard InChI is InChI=1S/C23H32N2O/c1-16-10-8-9-11-18(16)19-13-12-17(15-24-19)14-20(25-23(5,6)7)21(26)22(2,3)4/h8-13,15,20,25H,14H2,1-7H3. The third-order valence-electron chi connectivity index (χ3n) is 4.35. The molecule has 0 saturated heterocycles. The molecule has 0 fully saturated rings. The molecular formula is C23H32N2O. The number of aryl methyl sites for hydroxylation is 1. The average Bonchev–Trinajstić information content (AvgIpc) is 2.53. The molecule has 0 aliphatic rings. The maximum atomic E-state index is 12.9. The van der Waals surface area contributed by atoms with Crippen LogP contribution in [0.1, 0.15) is 52.7 Å². The summed E-state index contributed by atoms with van der Waals surface area (Å²) in [5.41, 5.74) is 3.89. The summed E-state index contributed by atoms with van der Waals surface area (Å²) in [6, 6.07) is 12.2. The fraction of sp³-hybridized carbons (Fsp3) is 0.478. The van der Waals surface area contributed by atoms with E-state index in [1.807, 2.05) is 45.2 Å². The van der Waals surface area contributed by atoms with Crippen molar-refractivity contribution in [1.82, 2.24) is 10.3 Å². The quantitative estimate of drug-likeness (QED) is 0.826. The van der Waals surface area contributed by atoms with Gasteiger partial charge in [0.1, 0.15) is 0 Å². The number of hydrogen-bond donors (Lipinski definition) is 1. The molecule has 1 aromatic carbocycles. The fourth-order valence-corrected chi connectivity index (χ4v) is 3.06. The van der Waals surface area contributed by atoms with E-state index < -0.39 is 0 Å². The van der Waals surface area contributed by atoms with Gasteiger partial charge in [-0.25, -0.2) is 0 Å². The first kappa shape index (κ1) is 20.3. The molecule has 1 heterocycles. The van der Waals surface area contributed by atoms with Crippen LogP contribution >= 0.6 is 0 Å². The Labute approximate surface area is 158 Å². The summed E-state index contributed by atoms with van der Waals surface area (Å²) in [4.78, 5) is 17.5. The maximum Gasteiger partial charge on any atom is 0.155 e. The van der Waals surface area contributed by atoms with Gasteiger partial charge in [-0.2, -0.15) is 0 Å². The van der Waals surface area contributed by atoms with Gasteiger partial charge in [0.05, 0.1) is 11.7 Å². The van der Waals surface area contributed by atoms with Crippen molar-refractivity contribution in [1.29, 1.82) is 0 Å². The number of hydrogen-bond acceptors (Lipinski definition) is 3. The lowest BCUT2D eigenvalue weighted by molar-refractivity contribution is -0.128. The van der Waals surface area contributed by atoms with E-state index in [0.29, 0.717) is 6.42 Å². The Morgan fingerprint density at radius 3 is 2.19 bits per heavy atom. The molecule has 0 radical (unpaired) electrons. The Bertz CT molecular complexity index is 749. The lowest BCUT2D eigenvalue weighted by Gasteiger charge is -2.31. The molecule has 3 nitrogen and oxygen atoms in total. The minimum absolute atomic E-state index is 0.125. The topological polar surface area (TPSA) is 42.0 Å². The summed E-state index contributed by atoms with van der Waals surface area (Å²) in [5, 5.41) is 3.49. The Morgan fingerprint density at radius 1 is 1.04 bits per heavy atom. The summed E-state index contributed by atoms with van der Waals surface area (Å²) >= 11 is 0. The van der Waals surface area contributed by atoms with Crippen LogP contribution in [0.15, 0.2) is 42.6 Å². The van der Waals surface area contributed by atoms with Crippen molar-refractivity contribution in [3.05, 3.63) is 53.7 Å². The van der Waals surface area contributed by atoms with Gasteiger partial charge in [0.15, 0.2) is 5.78 Å². The molecular weight excluding hydrogens is 320 g/mol. The highest BCUT2D eigenvalue weighted by Gasteiger charge is 2.32. The van der Waals surface area contributed by atoms with E-state index >= 15 is 0 Å². The van der Waals surface area contributed by atoms with Crippen LogP contribution in [0.3, 0.4) is 0 Å². The molecule has 1 N–H and O–H groups in total. The third-order valence-corrected chi connectivity index (χ3v) is 4.35. The van der Waals surface area contributed by atoms with Crippen molar-refractivity contribution >= 4 is 5.78 Å². The first-order valence-electron chi connectivity index (χ1n) is 9.30. The summed E-state index contributed by atoms with van der Waals surface area (Å²) in [6.45, 7) is 14.3. The summed E-state index contributed by atoms with van der Waals surface area (Å²) in [6.07, 6.45) is 2.55. The van der Waals surface area contributed by atoms with Crippen molar-refractivity contribution in [3.63, 3.8) is 0 Å². The second-order valence-corrected chi connectivity index (χ2v) is 9.13. The Balaban J connectivity index is 2.23. The first-order chi connectivity index (χ1) is 12.0. The highest BCUT2D eigenvalue weighted by molar-refractivity contribution is 5.89. The highest BCUT2D eigenvalue weighted by Crippen LogP contribution is 2.23. The third kappa shape index (κ3) is 5.50. The first-order valence-corrected chi connectivity index (χ1v) is 9.30. The number of carbonyl (C=O) groups is 1. The lowest BCUT2D eigenvalue weighted by Crippen LogP contribution is -2.51. The van der Waals surface area contributed by atoms with Crippen LogP contribution in [0, 0.1) is 12.3 Å². The maximum absolute atomic E-state index is 12.9. The van der Waals surface area contributed by atoms with Crippen molar-refractivity contribution in [3.8, 4) is 11.3 Å². The molecule has 0 bridgehead atoms. The molecule has 0 aliphatic carbocycles. The van der Waals surface area contributed by atoms with Gasteiger partial charge in [-0.3, -0.25) is 9.78 Å². The zero-order valence-electron chi connectivity index (χ0n) is 17.2. The molecule has 26 heavy (non-hydrogen) atoms. The van der Waals surface area contributed by atoms with Gasteiger partial charge in [-0.1, -0.05) is 51.1 Å². The second-order valence-electron chi connectivity index (χ2n) is 9.13. The van der Waals surface area contributed by atoms with Crippen LogP contribution in [0.4, 0.5) is 0 Å². The molecule has 0 saturated carbocycles. The number of rotatable bonds is 5. The van der Waals surface area contributed by atoms with Crippen molar-refractivity contribution < 1.29 is 4.79 Å². The van der Waals surface area contributed by atoms with E-state index in [1.165, 1.54) is 5.56 Å². The minimum atomic E-state index is -0.378. The van der Waals surface area contributed by atoms with Crippen LogP contribution in [-0.4, -0.2) is 22.3 Å². The average molecular weight is 353 g/mol. The minimum Gasteiger partial charge on any atom is -0.302 e. The predicted octanol–water partition coefficient (Wildman–Crippen LogP) is 4.97. The summed E-state index contributed by atoms with van der Waals surface area (Å²) < 4.78 is 0. The molecule has 3 heteroatoms. The Hall–Kier alpha value is -2.00. The highest BCUT2D eigenvalue weighted by atomic mass is 16.1. The molecule has 2 rings (SSSR count). The molecule has 0 spiro atoms. The monoisotopic (exact) mass is 352 g/mol. The van der Waals surface area contributed by atoms with Crippen molar-refractivity contribution in [2.75, 3.05) is 0 Å². The number of ketones is 1. The van der Waals surface area contributed by atoms with E-state index in [0.717, 1.165) is 16.8 Å². The predicted molar refractivity (Wildman–Crippen MR) is 109 cm³/mol. The van der Waals surface area contributed by atoms with Gasteiger partial charge in [-0.15, -0.1) is 0 Å². The molecule has 1 atom stereocenters. The van der Waals surface area contributed by atoms with Crippen molar-refractivity contribution in [2.24, 2.45) is 5.41 Å². The molecule has 1 aromatic heterocycles. The fourth-order valence-electron chi connectivity index (χ4n) is 3.06. The van der Waals surface area contributed by atoms with Gasteiger partial charge in [0, 0.05) is 22.7 Å². The van der Waals surface area contributed by atoms with E-state index in [2.05, 4.69) is 56.2 Å². The number of nitrogens with zero attached hydrogens (tertiary/aromatic N) is 1. The normalized spacial score (nSPS) is 13.5. The number of pyridine rings is 1. The molecule has 1 unspecified atom stereocenters. The number of benzene rings is 1. The van der Waals surface area contributed by atoms with Gasteiger partial charge in [0.2, 0.25) is 0 Å². The number of carbonyl (C=O) groups excluding carboxylic acids is 1. The molecule has 0 aliphatic heterocycles. The van der Waals surface area contributed by atoms with Crippen LogP contribution in [0.25, 0.3) is 11.3 Å². The van der Waals surface area contributed by atoms with Crippen LogP contribution < -0.4 is 5.32 Å². The molecule has 0 amide bonds. The van der Waals surface area contributed by atoms with Crippen molar-refractivity contribution in [2.45, 2.75) is 66.5 Å². The van der Waals surface area contributed by atoms with E-state index in [4.69, 9.17) is 0 Å². The van der Waals surface area contributed by atoms with Gasteiger partial charge in [-0.05, 0) is 51.3 Å². The largest absolute Gasteiger partial charge is 0.302 e. The zero-order valence-corrected chi connectivity index (χ0v) is 17.2. The smallest absolute Gasteiger partial charge is 0.155 e. The summed E-state index contributed by atoms with van der Waals surface area (Å²) in [5.74, 6) is 0.232. The lowest BCUT2D eigenvalue weighted by atomic mass is 9.83. The van der Waals surface area contributed by atoms with E-state index in [9.17, 15) is 4.79 Å². The second kappa shape index (κ2) is 7.71. The van der Waals surface area contributed by atoms with Crippen LogP contribution in [-0.2, 0) is 11.2 Å². The van der Waals surface area contributed by atoms with Gasteiger partial charge < -0.3 is 5.32 Å². The van der Waals surface area contributed by atoms with Gasteiger partial charge in [0.25, 0.3) is 0 Å². The molecule has 140 valence electrons. The Kier molecular flexibility index (Phi) is 6.02. The summed E-state index contributed by atoms with van der Waals surface area (Å²) in [7, 11) is 0. The van der Waals surface area contributed by atoms with Crippen LogP contribution in [0.5, 0.6) is 0 Å². The number of aromatic nitrogens is 1. The van der Waals surface area contributed by atoms with E-state index in [1.54, 1.807) is 0 Å². The Morgan fingerprint density at radius 2 is 1.69 bits per heavy atom.